The van der Waals surface area contributed by atoms with Crippen LogP contribution in [0, 0.1) is 20.8 Å². The average molecular weight is 667 g/mol. The third-order valence-electron chi connectivity index (χ3n) is 9.92. The van der Waals surface area contributed by atoms with Crippen molar-refractivity contribution in [2.45, 2.75) is 84.7 Å². The van der Waals surface area contributed by atoms with Crippen molar-refractivity contribution in [3.63, 3.8) is 0 Å². The molecule has 1 unspecified atom stereocenters. The summed E-state index contributed by atoms with van der Waals surface area (Å²) < 4.78 is 12.9. The molecule has 0 radical (unpaired) electrons. The first kappa shape index (κ1) is 35.5. The van der Waals surface area contributed by atoms with E-state index in [2.05, 4.69) is 130 Å². The minimum Gasteiger partial charge on any atom is -0.545 e. The Bertz CT molecular complexity index is 1530. The summed E-state index contributed by atoms with van der Waals surface area (Å²) in [4.78, 5) is 9.30. The molecule has 254 valence electrons. The Morgan fingerprint density at radius 1 is 0.750 bits per heavy atom. The zero-order valence-electron chi connectivity index (χ0n) is 29.1. The Morgan fingerprint density at radius 3 is 1.85 bits per heavy atom. The molecule has 0 saturated heterocycles. The van der Waals surface area contributed by atoms with Gasteiger partial charge in [-0.25, -0.2) is 0 Å². The molecule has 0 aliphatic carbocycles. The highest BCUT2D eigenvalue weighted by atomic mass is 31.2. The second kappa shape index (κ2) is 16.5. The molecular formula is C42H51O5P. The zero-order chi connectivity index (χ0) is 34.0. The zero-order valence-corrected chi connectivity index (χ0v) is 30.0. The Hall–Kier alpha value is -3.79. The first-order chi connectivity index (χ1) is 23.2. The molecule has 0 amide bonds. The van der Waals surface area contributed by atoms with E-state index in [4.69, 9.17) is 14.4 Å². The number of ether oxygens (including phenoxy) is 2. The van der Waals surface area contributed by atoms with Crippen molar-refractivity contribution in [1.82, 2.24) is 0 Å². The van der Waals surface area contributed by atoms with Gasteiger partial charge in [-0.3, -0.25) is 4.89 Å². The van der Waals surface area contributed by atoms with Gasteiger partial charge in [0.25, 0.3) is 0 Å². The van der Waals surface area contributed by atoms with Crippen molar-refractivity contribution in [2.75, 3.05) is 19.4 Å². The van der Waals surface area contributed by atoms with Gasteiger partial charge in [-0.1, -0.05) is 74.0 Å². The van der Waals surface area contributed by atoms with Gasteiger partial charge in [0.1, 0.15) is 53.5 Å². The summed E-state index contributed by atoms with van der Waals surface area (Å²) in [5, 5.41) is 15.2. The molecule has 0 fully saturated rings. The number of hydrogen-bond donors (Lipinski definition) is 0. The molecule has 0 saturated carbocycles. The fourth-order valence-corrected chi connectivity index (χ4v) is 11.6. The highest BCUT2D eigenvalue weighted by molar-refractivity contribution is 7.95. The SMILES string of the molecule is C=C([O-])OOCCOc1c(C)c(C)c2c(c1C)CCC(C)(CCCCCCC[P+](c1ccccc1)(c1ccccc1)c1ccccc1)O2. The molecule has 5 rings (SSSR count). The second-order valence-electron chi connectivity index (χ2n) is 13.2. The Labute approximate surface area is 288 Å². The summed E-state index contributed by atoms with van der Waals surface area (Å²) in [6.45, 7) is 12.1. The van der Waals surface area contributed by atoms with Crippen LogP contribution in [-0.4, -0.2) is 25.0 Å². The summed E-state index contributed by atoms with van der Waals surface area (Å²) in [6, 6.07) is 33.6. The molecule has 1 aliphatic rings. The van der Waals surface area contributed by atoms with Gasteiger partial charge in [0.15, 0.2) is 0 Å². The Morgan fingerprint density at radius 2 is 1.29 bits per heavy atom. The van der Waals surface area contributed by atoms with Gasteiger partial charge in [-0.05, 0) is 119 Å². The van der Waals surface area contributed by atoms with E-state index >= 15 is 0 Å². The molecule has 0 aromatic heterocycles. The summed E-state index contributed by atoms with van der Waals surface area (Å²) in [5.41, 5.74) is 4.38. The summed E-state index contributed by atoms with van der Waals surface area (Å²) in [6.07, 6.45) is 10.3. The van der Waals surface area contributed by atoms with Crippen LogP contribution in [0.1, 0.15) is 74.1 Å². The Balaban J connectivity index is 1.16. The quantitative estimate of drug-likeness (QED) is 0.0374. The lowest BCUT2D eigenvalue weighted by Crippen LogP contribution is -2.37. The predicted molar refractivity (Wildman–Crippen MR) is 197 cm³/mol. The third-order valence-corrected chi connectivity index (χ3v) is 14.4. The van der Waals surface area contributed by atoms with E-state index < -0.39 is 13.2 Å². The van der Waals surface area contributed by atoms with Gasteiger partial charge < -0.3 is 19.5 Å². The largest absolute Gasteiger partial charge is 0.545 e. The first-order valence-corrected chi connectivity index (χ1v) is 19.4. The van der Waals surface area contributed by atoms with Gasteiger partial charge in [-0.2, -0.15) is 0 Å². The van der Waals surface area contributed by atoms with Crippen LogP contribution in [0.4, 0.5) is 0 Å². The number of unbranched alkanes of at least 4 members (excludes halogenated alkanes) is 4. The van der Waals surface area contributed by atoms with Crippen LogP contribution < -0.4 is 30.5 Å². The molecule has 0 bridgehead atoms. The summed E-state index contributed by atoms with van der Waals surface area (Å²) in [7, 11) is -1.76. The summed E-state index contributed by atoms with van der Waals surface area (Å²) in [5.74, 6) is 1.17. The average Bonchev–Trinajstić information content (AvgIpc) is 3.11. The molecule has 6 heteroatoms. The highest BCUT2D eigenvalue weighted by Crippen LogP contribution is 2.56. The number of fused-ring (bicyclic) bond motifs is 1. The van der Waals surface area contributed by atoms with Crippen LogP contribution in [0.3, 0.4) is 0 Å². The van der Waals surface area contributed by atoms with E-state index in [1.54, 1.807) is 0 Å². The number of benzene rings is 4. The fourth-order valence-electron chi connectivity index (χ4n) is 7.22. The van der Waals surface area contributed by atoms with Crippen molar-refractivity contribution >= 4 is 23.2 Å². The molecule has 1 atom stereocenters. The fraction of sp³-hybridized carbons (Fsp3) is 0.381. The molecule has 1 heterocycles. The number of hydrogen-bond acceptors (Lipinski definition) is 5. The van der Waals surface area contributed by atoms with E-state index in [0.29, 0.717) is 0 Å². The van der Waals surface area contributed by atoms with Crippen molar-refractivity contribution < 1.29 is 24.4 Å². The van der Waals surface area contributed by atoms with E-state index in [0.717, 1.165) is 53.9 Å². The van der Waals surface area contributed by atoms with Gasteiger partial charge in [0.2, 0.25) is 0 Å². The maximum Gasteiger partial charge on any atom is 0.127 e. The molecule has 0 N–H and O–H groups in total. The lowest BCUT2D eigenvalue weighted by Gasteiger charge is -2.38. The van der Waals surface area contributed by atoms with Gasteiger partial charge in [0, 0.05) is 5.56 Å². The van der Waals surface area contributed by atoms with Crippen molar-refractivity contribution in [1.29, 1.82) is 0 Å². The van der Waals surface area contributed by atoms with E-state index in [9.17, 15) is 5.11 Å². The lowest BCUT2D eigenvalue weighted by molar-refractivity contribution is -0.434. The minimum absolute atomic E-state index is 0.139. The molecule has 48 heavy (non-hydrogen) atoms. The smallest absolute Gasteiger partial charge is 0.127 e. The molecule has 0 spiro atoms. The number of rotatable bonds is 17. The monoisotopic (exact) mass is 666 g/mol. The van der Waals surface area contributed by atoms with Gasteiger partial charge in [0.05, 0.1) is 12.1 Å². The van der Waals surface area contributed by atoms with E-state index in [1.807, 2.05) is 0 Å². The van der Waals surface area contributed by atoms with Crippen LogP contribution in [0.5, 0.6) is 11.5 Å². The van der Waals surface area contributed by atoms with Crippen LogP contribution in [-0.2, 0) is 16.2 Å². The van der Waals surface area contributed by atoms with Gasteiger partial charge >= 0.3 is 0 Å². The third kappa shape index (κ3) is 8.25. The van der Waals surface area contributed by atoms with Crippen molar-refractivity contribution in [3.05, 3.63) is 126 Å². The topological polar surface area (TPSA) is 60.0 Å². The maximum atomic E-state index is 10.8. The second-order valence-corrected chi connectivity index (χ2v) is 16.9. The minimum atomic E-state index is -1.76. The normalized spacial score (nSPS) is 15.8. The highest BCUT2D eigenvalue weighted by Gasteiger charge is 2.44. The van der Waals surface area contributed by atoms with E-state index in [-0.39, 0.29) is 18.8 Å². The van der Waals surface area contributed by atoms with Crippen molar-refractivity contribution in [2.24, 2.45) is 0 Å². The standard InChI is InChI=1S/C42H51O5P/c1-32-33(2)41-39(34(3)40(32)44-29-30-45-47-35(4)43)26-28-42(5,46-41)27-18-7-6-8-19-31-48(36-20-12-9-13-21-36,37-22-14-10-15-23-37)38-24-16-11-17-25-38/h9-17,20-25H,4,6-8,18-19,26-31H2,1-3,5H3. The molecule has 4 aromatic rings. The summed E-state index contributed by atoms with van der Waals surface area (Å²) >= 11 is 0. The molecule has 4 aromatic carbocycles. The maximum absolute atomic E-state index is 10.8. The van der Waals surface area contributed by atoms with Gasteiger partial charge in [-0.15, -0.1) is 0 Å². The van der Waals surface area contributed by atoms with Crippen LogP contribution in [0.25, 0.3) is 0 Å². The van der Waals surface area contributed by atoms with Crippen molar-refractivity contribution in [3.8, 4) is 11.5 Å². The van der Waals surface area contributed by atoms with Crippen LogP contribution >= 0.6 is 7.26 Å². The lowest BCUT2D eigenvalue weighted by atomic mass is 9.84. The molecular weight excluding hydrogens is 615 g/mol. The van der Waals surface area contributed by atoms with Crippen LogP contribution in [0.15, 0.2) is 104 Å². The first-order valence-electron chi connectivity index (χ1n) is 17.4. The molecule has 1 aliphatic heterocycles. The van der Waals surface area contributed by atoms with E-state index in [1.165, 1.54) is 53.3 Å². The molecule has 5 nitrogen and oxygen atoms in total. The Kier molecular flexibility index (Phi) is 12.2. The predicted octanol–water partition coefficient (Wildman–Crippen LogP) is 8.19. The van der Waals surface area contributed by atoms with Crippen LogP contribution in [0.2, 0.25) is 0 Å².